The molecule has 0 atom stereocenters. The number of carbonyl (C=O) groups excluding carboxylic acids is 1. The molecular formula is C13H13BrF3NO4. The lowest BCUT2D eigenvalue weighted by Crippen LogP contribution is -2.32. The van der Waals surface area contributed by atoms with Crippen LogP contribution in [0.3, 0.4) is 0 Å². The zero-order valence-corrected chi connectivity index (χ0v) is 13.1. The second-order valence-corrected chi connectivity index (χ2v) is 5.08. The fourth-order valence-electron chi connectivity index (χ4n) is 1.66. The molecule has 0 aromatic heterocycles. The molecule has 0 radical (unpaired) electrons. The van der Waals surface area contributed by atoms with Gasteiger partial charge in [0.15, 0.2) is 0 Å². The van der Waals surface area contributed by atoms with Crippen LogP contribution >= 0.6 is 15.9 Å². The number of carboxylic acid groups (broad SMARTS) is 1. The zero-order valence-electron chi connectivity index (χ0n) is 11.5. The maximum atomic E-state index is 12.3. The molecule has 0 fully saturated rings. The molecule has 0 aliphatic carbocycles. The van der Waals surface area contributed by atoms with Crippen molar-refractivity contribution in [2.45, 2.75) is 19.7 Å². The van der Waals surface area contributed by atoms with Gasteiger partial charge in [-0.15, -0.1) is 13.2 Å². The molecule has 0 aliphatic heterocycles. The highest BCUT2D eigenvalue weighted by Gasteiger charge is 2.32. The van der Waals surface area contributed by atoms with E-state index in [1.165, 1.54) is 17.0 Å². The molecule has 1 N–H and O–H groups in total. The third-order valence-corrected chi connectivity index (χ3v) is 3.32. The average molecular weight is 384 g/mol. The van der Waals surface area contributed by atoms with Crippen molar-refractivity contribution in [3.63, 3.8) is 0 Å². The van der Waals surface area contributed by atoms with Crippen molar-refractivity contribution >= 4 is 27.8 Å². The Labute approximate surface area is 132 Å². The van der Waals surface area contributed by atoms with Crippen LogP contribution < -0.4 is 4.74 Å². The molecular weight excluding hydrogens is 371 g/mol. The van der Waals surface area contributed by atoms with Gasteiger partial charge in [-0.1, -0.05) is 0 Å². The lowest BCUT2D eigenvalue weighted by atomic mass is 10.2. The standard InChI is InChI=1S/C13H13BrF3NO4/c1-2-18(6-5-11(19)20)12(21)8-3-4-9(14)10(7-8)22-13(15,16)17/h3-4,7H,2,5-6H2,1H3,(H,19,20). The Bertz CT molecular complexity index is 563. The van der Waals surface area contributed by atoms with Gasteiger partial charge in [0.2, 0.25) is 0 Å². The van der Waals surface area contributed by atoms with E-state index in [1.54, 1.807) is 6.92 Å². The molecule has 0 spiro atoms. The highest BCUT2D eigenvalue weighted by molar-refractivity contribution is 9.10. The SMILES string of the molecule is CCN(CCC(=O)O)C(=O)c1ccc(Br)c(OC(F)(F)F)c1. The van der Waals surface area contributed by atoms with E-state index >= 15 is 0 Å². The molecule has 0 saturated carbocycles. The van der Waals surface area contributed by atoms with Gasteiger partial charge in [-0.2, -0.15) is 0 Å². The number of amides is 1. The van der Waals surface area contributed by atoms with E-state index in [9.17, 15) is 22.8 Å². The number of aliphatic carboxylic acids is 1. The Kier molecular flexibility index (Phi) is 6.21. The molecule has 1 aromatic carbocycles. The van der Waals surface area contributed by atoms with Gasteiger partial charge in [0.1, 0.15) is 5.75 Å². The second kappa shape index (κ2) is 7.48. The summed E-state index contributed by atoms with van der Waals surface area (Å²) in [6, 6.07) is 3.56. The maximum Gasteiger partial charge on any atom is 0.573 e. The van der Waals surface area contributed by atoms with Crippen LogP contribution in [0, 0.1) is 0 Å². The van der Waals surface area contributed by atoms with Gasteiger partial charge in [-0.3, -0.25) is 9.59 Å². The number of carboxylic acids is 1. The lowest BCUT2D eigenvalue weighted by molar-refractivity contribution is -0.274. The number of alkyl halides is 3. The summed E-state index contributed by atoms with van der Waals surface area (Å²) in [5.74, 6) is -2.17. The van der Waals surface area contributed by atoms with Crippen molar-refractivity contribution in [3.05, 3.63) is 28.2 Å². The summed E-state index contributed by atoms with van der Waals surface area (Å²) in [7, 11) is 0. The van der Waals surface area contributed by atoms with Crippen molar-refractivity contribution in [1.82, 2.24) is 4.90 Å². The van der Waals surface area contributed by atoms with Gasteiger partial charge in [0.05, 0.1) is 10.9 Å². The fraction of sp³-hybridized carbons (Fsp3) is 0.385. The summed E-state index contributed by atoms with van der Waals surface area (Å²) in [6.45, 7) is 1.85. The van der Waals surface area contributed by atoms with E-state index in [-0.39, 0.29) is 29.5 Å². The highest BCUT2D eigenvalue weighted by Crippen LogP contribution is 2.31. The maximum absolute atomic E-state index is 12.3. The first-order valence-electron chi connectivity index (χ1n) is 6.20. The summed E-state index contributed by atoms with van der Waals surface area (Å²) in [6.07, 6.45) is -5.13. The van der Waals surface area contributed by atoms with Gasteiger partial charge in [-0.05, 0) is 41.1 Å². The quantitative estimate of drug-likeness (QED) is 0.818. The van der Waals surface area contributed by atoms with Crippen LogP contribution in [0.4, 0.5) is 13.2 Å². The fourth-order valence-corrected chi connectivity index (χ4v) is 1.98. The molecule has 22 heavy (non-hydrogen) atoms. The van der Waals surface area contributed by atoms with Crippen LogP contribution in [-0.2, 0) is 4.79 Å². The van der Waals surface area contributed by atoms with Crippen LogP contribution in [0.5, 0.6) is 5.75 Å². The predicted octanol–water partition coefficient (Wildman–Crippen LogP) is 3.28. The van der Waals surface area contributed by atoms with E-state index in [1.807, 2.05) is 0 Å². The van der Waals surface area contributed by atoms with Gasteiger partial charge < -0.3 is 14.7 Å². The van der Waals surface area contributed by atoms with E-state index in [2.05, 4.69) is 20.7 Å². The Morgan fingerprint density at radius 2 is 2.00 bits per heavy atom. The first kappa shape index (κ1) is 18.3. The zero-order chi connectivity index (χ0) is 16.9. The molecule has 122 valence electrons. The first-order chi connectivity index (χ1) is 10.1. The molecule has 0 bridgehead atoms. The minimum absolute atomic E-state index is 0.0188. The third kappa shape index (κ3) is 5.55. The van der Waals surface area contributed by atoms with E-state index in [0.717, 1.165) is 6.07 Å². The van der Waals surface area contributed by atoms with Crippen LogP contribution in [0.15, 0.2) is 22.7 Å². The van der Waals surface area contributed by atoms with Gasteiger partial charge in [-0.25, -0.2) is 0 Å². The number of hydrogen-bond donors (Lipinski definition) is 1. The molecule has 0 unspecified atom stereocenters. The summed E-state index contributed by atoms with van der Waals surface area (Å²) in [4.78, 5) is 24.0. The highest BCUT2D eigenvalue weighted by atomic mass is 79.9. The largest absolute Gasteiger partial charge is 0.573 e. The molecule has 0 saturated heterocycles. The minimum Gasteiger partial charge on any atom is -0.481 e. The molecule has 0 heterocycles. The predicted molar refractivity (Wildman–Crippen MR) is 74.7 cm³/mol. The van der Waals surface area contributed by atoms with Crippen LogP contribution in [0.25, 0.3) is 0 Å². The molecule has 1 aromatic rings. The lowest BCUT2D eigenvalue weighted by Gasteiger charge is -2.20. The first-order valence-corrected chi connectivity index (χ1v) is 6.99. The van der Waals surface area contributed by atoms with E-state index < -0.39 is 24.0 Å². The Hall–Kier alpha value is -1.77. The Morgan fingerprint density at radius 3 is 2.50 bits per heavy atom. The van der Waals surface area contributed by atoms with Crippen molar-refractivity contribution in [3.8, 4) is 5.75 Å². The summed E-state index contributed by atoms with van der Waals surface area (Å²) < 4.78 is 40.7. The van der Waals surface area contributed by atoms with E-state index in [4.69, 9.17) is 5.11 Å². The molecule has 1 rings (SSSR count). The number of rotatable bonds is 6. The topological polar surface area (TPSA) is 66.8 Å². The Morgan fingerprint density at radius 1 is 1.36 bits per heavy atom. The normalized spacial score (nSPS) is 11.1. The molecule has 0 aliphatic rings. The minimum atomic E-state index is -4.88. The number of ether oxygens (including phenoxy) is 1. The number of carbonyl (C=O) groups is 2. The average Bonchev–Trinajstić information content (AvgIpc) is 2.40. The van der Waals surface area contributed by atoms with Gasteiger partial charge in [0, 0.05) is 18.7 Å². The summed E-state index contributed by atoms with van der Waals surface area (Å²) >= 11 is 2.91. The van der Waals surface area contributed by atoms with Crippen molar-refractivity contribution < 1.29 is 32.6 Å². The van der Waals surface area contributed by atoms with Crippen LogP contribution in [-0.4, -0.2) is 41.3 Å². The number of benzene rings is 1. The summed E-state index contributed by atoms with van der Waals surface area (Å²) in [5, 5.41) is 8.63. The van der Waals surface area contributed by atoms with E-state index in [0.29, 0.717) is 0 Å². The Balaban J connectivity index is 2.97. The number of nitrogens with zero attached hydrogens (tertiary/aromatic N) is 1. The van der Waals surface area contributed by atoms with Crippen LogP contribution in [0.1, 0.15) is 23.7 Å². The van der Waals surface area contributed by atoms with Crippen molar-refractivity contribution in [2.75, 3.05) is 13.1 Å². The third-order valence-electron chi connectivity index (χ3n) is 2.67. The smallest absolute Gasteiger partial charge is 0.481 e. The van der Waals surface area contributed by atoms with Gasteiger partial charge >= 0.3 is 12.3 Å². The molecule has 9 heteroatoms. The monoisotopic (exact) mass is 383 g/mol. The second-order valence-electron chi connectivity index (χ2n) is 4.22. The van der Waals surface area contributed by atoms with Crippen molar-refractivity contribution in [1.29, 1.82) is 0 Å². The number of halogens is 4. The summed E-state index contributed by atoms with van der Waals surface area (Å²) in [5.41, 5.74) is -0.0188. The van der Waals surface area contributed by atoms with Crippen LogP contribution in [0.2, 0.25) is 0 Å². The van der Waals surface area contributed by atoms with Crippen molar-refractivity contribution in [2.24, 2.45) is 0 Å². The van der Waals surface area contributed by atoms with Gasteiger partial charge in [0.25, 0.3) is 5.91 Å². The molecule has 5 nitrogen and oxygen atoms in total. The number of hydrogen-bond acceptors (Lipinski definition) is 3. The molecule has 1 amide bonds.